The van der Waals surface area contributed by atoms with Crippen molar-refractivity contribution in [3.63, 3.8) is 0 Å². The number of nitrogens with one attached hydrogen (secondary N) is 1. The molecule has 1 amide bonds. The topological polar surface area (TPSA) is 72.9 Å². The first kappa shape index (κ1) is 13.8. The predicted molar refractivity (Wildman–Crippen MR) is 81.3 cm³/mol. The largest absolute Gasteiger partial charge is 0.349 e. The van der Waals surface area contributed by atoms with Crippen LogP contribution in [0.25, 0.3) is 5.69 Å². The SMILES string of the molecule is NC1CCC(NC(=O)c2ccc(-n3cccn3)cc2)CC1. The normalized spacial score (nSPS) is 22.0. The van der Waals surface area contributed by atoms with Crippen molar-refractivity contribution in [3.05, 3.63) is 48.3 Å². The molecule has 5 nitrogen and oxygen atoms in total. The van der Waals surface area contributed by atoms with Crippen LogP contribution in [0.2, 0.25) is 0 Å². The fourth-order valence-corrected chi connectivity index (χ4v) is 2.72. The fraction of sp³-hybridized carbons (Fsp3) is 0.375. The van der Waals surface area contributed by atoms with Gasteiger partial charge in [0.2, 0.25) is 0 Å². The maximum absolute atomic E-state index is 12.2. The van der Waals surface area contributed by atoms with Crippen molar-refractivity contribution in [3.8, 4) is 5.69 Å². The number of nitrogens with two attached hydrogens (primary N) is 1. The molecule has 1 saturated carbocycles. The van der Waals surface area contributed by atoms with E-state index in [1.807, 2.05) is 36.5 Å². The molecule has 0 bridgehead atoms. The third-order valence-electron chi connectivity index (χ3n) is 4.01. The van der Waals surface area contributed by atoms with Gasteiger partial charge in [0.15, 0.2) is 0 Å². The minimum atomic E-state index is -0.0116. The molecule has 1 fully saturated rings. The number of benzene rings is 1. The Morgan fingerprint density at radius 2 is 1.90 bits per heavy atom. The summed E-state index contributed by atoms with van der Waals surface area (Å²) in [6.07, 6.45) is 7.53. The van der Waals surface area contributed by atoms with Crippen molar-refractivity contribution < 1.29 is 4.79 Å². The highest BCUT2D eigenvalue weighted by molar-refractivity contribution is 5.94. The quantitative estimate of drug-likeness (QED) is 0.903. The number of aromatic nitrogens is 2. The van der Waals surface area contributed by atoms with Crippen LogP contribution < -0.4 is 11.1 Å². The molecule has 110 valence electrons. The summed E-state index contributed by atoms with van der Waals surface area (Å²) in [5.74, 6) is -0.0116. The van der Waals surface area contributed by atoms with Crippen LogP contribution in [-0.4, -0.2) is 27.8 Å². The van der Waals surface area contributed by atoms with E-state index in [1.165, 1.54) is 0 Å². The van der Waals surface area contributed by atoms with Gasteiger partial charge in [0.1, 0.15) is 0 Å². The van der Waals surface area contributed by atoms with Crippen molar-refractivity contribution in [2.45, 2.75) is 37.8 Å². The van der Waals surface area contributed by atoms with E-state index in [9.17, 15) is 4.79 Å². The van der Waals surface area contributed by atoms with Crippen LogP contribution in [0, 0.1) is 0 Å². The number of carbonyl (C=O) groups excluding carboxylic acids is 1. The minimum Gasteiger partial charge on any atom is -0.349 e. The molecule has 1 aromatic heterocycles. The molecule has 2 aromatic rings. The molecule has 1 aliphatic rings. The molecule has 5 heteroatoms. The van der Waals surface area contributed by atoms with E-state index >= 15 is 0 Å². The van der Waals surface area contributed by atoms with Crippen molar-refractivity contribution in [2.75, 3.05) is 0 Å². The Labute approximate surface area is 124 Å². The molecule has 1 aromatic carbocycles. The van der Waals surface area contributed by atoms with E-state index in [-0.39, 0.29) is 11.9 Å². The predicted octanol–water partition coefficient (Wildman–Crippen LogP) is 1.87. The minimum absolute atomic E-state index is 0.0116. The first-order chi connectivity index (χ1) is 10.2. The average Bonchev–Trinajstić information content (AvgIpc) is 3.04. The van der Waals surface area contributed by atoms with Gasteiger partial charge in [-0.25, -0.2) is 4.68 Å². The van der Waals surface area contributed by atoms with Gasteiger partial charge in [-0.05, 0) is 56.0 Å². The van der Waals surface area contributed by atoms with Crippen molar-refractivity contribution in [1.29, 1.82) is 0 Å². The molecule has 3 N–H and O–H groups in total. The van der Waals surface area contributed by atoms with Gasteiger partial charge in [0.05, 0.1) is 5.69 Å². The zero-order valence-corrected chi connectivity index (χ0v) is 11.9. The lowest BCUT2D eigenvalue weighted by atomic mass is 9.91. The van der Waals surface area contributed by atoms with E-state index in [0.29, 0.717) is 11.6 Å². The van der Waals surface area contributed by atoms with Gasteiger partial charge in [-0.1, -0.05) is 0 Å². The lowest BCUT2D eigenvalue weighted by molar-refractivity contribution is 0.0926. The highest BCUT2D eigenvalue weighted by atomic mass is 16.1. The Balaban J connectivity index is 1.62. The summed E-state index contributed by atoms with van der Waals surface area (Å²) in [7, 11) is 0. The number of rotatable bonds is 3. The number of hydrogen-bond acceptors (Lipinski definition) is 3. The van der Waals surface area contributed by atoms with Gasteiger partial charge < -0.3 is 11.1 Å². The molecule has 0 spiro atoms. The molecule has 0 saturated heterocycles. The first-order valence-electron chi connectivity index (χ1n) is 7.39. The summed E-state index contributed by atoms with van der Waals surface area (Å²) < 4.78 is 1.77. The summed E-state index contributed by atoms with van der Waals surface area (Å²) in [5, 5.41) is 7.26. The summed E-state index contributed by atoms with van der Waals surface area (Å²) in [6, 6.07) is 9.89. The second-order valence-electron chi connectivity index (χ2n) is 5.58. The molecule has 1 aliphatic carbocycles. The smallest absolute Gasteiger partial charge is 0.251 e. The van der Waals surface area contributed by atoms with Crippen molar-refractivity contribution in [2.24, 2.45) is 5.73 Å². The van der Waals surface area contributed by atoms with Gasteiger partial charge >= 0.3 is 0 Å². The second-order valence-corrected chi connectivity index (χ2v) is 5.58. The van der Waals surface area contributed by atoms with E-state index in [0.717, 1.165) is 31.4 Å². The molecule has 3 rings (SSSR count). The Morgan fingerprint density at radius 3 is 2.52 bits per heavy atom. The monoisotopic (exact) mass is 284 g/mol. The molecule has 1 heterocycles. The lowest BCUT2D eigenvalue weighted by Gasteiger charge is -2.26. The van der Waals surface area contributed by atoms with E-state index < -0.39 is 0 Å². The first-order valence-corrected chi connectivity index (χ1v) is 7.39. The number of amides is 1. The van der Waals surface area contributed by atoms with Crippen LogP contribution in [0.15, 0.2) is 42.7 Å². The highest BCUT2D eigenvalue weighted by Gasteiger charge is 2.20. The summed E-state index contributed by atoms with van der Waals surface area (Å²) in [6.45, 7) is 0. The van der Waals surface area contributed by atoms with Crippen LogP contribution in [-0.2, 0) is 0 Å². The van der Waals surface area contributed by atoms with Crippen LogP contribution in [0.4, 0.5) is 0 Å². The van der Waals surface area contributed by atoms with E-state index in [4.69, 9.17) is 5.73 Å². The zero-order valence-electron chi connectivity index (χ0n) is 11.9. The van der Waals surface area contributed by atoms with E-state index in [1.54, 1.807) is 10.9 Å². The third-order valence-corrected chi connectivity index (χ3v) is 4.01. The molecule has 21 heavy (non-hydrogen) atoms. The third kappa shape index (κ3) is 3.31. The molecular weight excluding hydrogens is 264 g/mol. The Hall–Kier alpha value is -2.14. The highest BCUT2D eigenvalue weighted by Crippen LogP contribution is 2.17. The average molecular weight is 284 g/mol. The fourth-order valence-electron chi connectivity index (χ4n) is 2.72. The van der Waals surface area contributed by atoms with Gasteiger partial charge in [-0.15, -0.1) is 0 Å². The molecule has 0 atom stereocenters. The summed E-state index contributed by atoms with van der Waals surface area (Å²) >= 11 is 0. The van der Waals surface area contributed by atoms with Gasteiger partial charge in [-0.2, -0.15) is 5.10 Å². The zero-order chi connectivity index (χ0) is 14.7. The van der Waals surface area contributed by atoms with Crippen LogP contribution >= 0.6 is 0 Å². The van der Waals surface area contributed by atoms with Gasteiger partial charge in [0.25, 0.3) is 5.91 Å². The molecular formula is C16H20N4O. The molecule has 0 radical (unpaired) electrons. The van der Waals surface area contributed by atoms with Gasteiger partial charge in [-0.3, -0.25) is 4.79 Å². The van der Waals surface area contributed by atoms with Crippen molar-refractivity contribution >= 4 is 5.91 Å². The van der Waals surface area contributed by atoms with Gasteiger partial charge in [0, 0.05) is 30.0 Å². The van der Waals surface area contributed by atoms with Crippen LogP contribution in [0.3, 0.4) is 0 Å². The molecule has 0 unspecified atom stereocenters. The number of carbonyl (C=O) groups is 1. The standard InChI is InChI=1S/C16H20N4O/c17-13-4-6-14(7-5-13)19-16(21)12-2-8-15(9-3-12)20-11-1-10-18-20/h1-3,8-11,13-14H,4-7,17H2,(H,19,21). The summed E-state index contributed by atoms with van der Waals surface area (Å²) in [5.41, 5.74) is 7.51. The number of nitrogens with zero attached hydrogens (tertiary/aromatic N) is 2. The maximum Gasteiger partial charge on any atom is 0.251 e. The summed E-state index contributed by atoms with van der Waals surface area (Å²) in [4.78, 5) is 12.2. The van der Waals surface area contributed by atoms with Crippen LogP contribution in [0.1, 0.15) is 36.0 Å². The maximum atomic E-state index is 12.2. The Kier molecular flexibility index (Phi) is 4.01. The number of hydrogen-bond donors (Lipinski definition) is 2. The van der Waals surface area contributed by atoms with Crippen molar-refractivity contribution in [1.82, 2.24) is 15.1 Å². The Morgan fingerprint density at radius 1 is 1.19 bits per heavy atom. The molecule has 0 aliphatic heterocycles. The van der Waals surface area contributed by atoms with E-state index in [2.05, 4.69) is 10.4 Å². The Bertz CT molecular complexity index is 583. The van der Waals surface area contributed by atoms with Crippen LogP contribution in [0.5, 0.6) is 0 Å². The second kappa shape index (κ2) is 6.10. The lowest BCUT2D eigenvalue weighted by Crippen LogP contribution is -2.40.